The SMILES string of the molecule is C[C@H](NC(CO)CO)c1ccc(F)cc1. The molecule has 3 nitrogen and oxygen atoms in total. The van der Waals surface area contributed by atoms with E-state index in [2.05, 4.69) is 5.32 Å². The summed E-state index contributed by atoms with van der Waals surface area (Å²) in [6, 6.07) is 5.76. The van der Waals surface area contributed by atoms with Crippen LogP contribution < -0.4 is 5.32 Å². The van der Waals surface area contributed by atoms with Crippen LogP contribution in [0.4, 0.5) is 4.39 Å². The second-order valence-electron chi connectivity index (χ2n) is 3.50. The highest BCUT2D eigenvalue weighted by Crippen LogP contribution is 2.13. The molecule has 0 aliphatic carbocycles. The topological polar surface area (TPSA) is 52.5 Å². The molecule has 0 heterocycles. The van der Waals surface area contributed by atoms with E-state index in [0.29, 0.717) is 0 Å². The lowest BCUT2D eigenvalue weighted by Gasteiger charge is -2.20. The number of hydrogen-bond donors (Lipinski definition) is 3. The largest absolute Gasteiger partial charge is 0.395 e. The first-order valence-electron chi connectivity index (χ1n) is 4.90. The molecule has 1 aromatic carbocycles. The smallest absolute Gasteiger partial charge is 0.123 e. The van der Waals surface area contributed by atoms with Crippen molar-refractivity contribution < 1.29 is 14.6 Å². The molecule has 1 rings (SSSR count). The molecule has 1 atom stereocenters. The summed E-state index contributed by atoms with van der Waals surface area (Å²) in [7, 11) is 0. The van der Waals surface area contributed by atoms with Gasteiger partial charge in [-0.05, 0) is 24.6 Å². The van der Waals surface area contributed by atoms with Crippen LogP contribution in [0.1, 0.15) is 18.5 Å². The van der Waals surface area contributed by atoms with Crippen molar-refractivity contribution in [3.63, 3.8) is 0 Å². The van der Waals surface area contributed by atoms with Crippen molar-refractivity contribution in [2.24, 2.45) is 0 Å². The fraction of sp³-hybridized carbons (Fsp3) is 0.455. The molecule has 0 spiro atoms. The third-order valence-electron chi connectivity index (χ3n) is 2.30. The maximum absolute atomic E-state index is 12.6. The first-order chi connectivity index (χ1) is 7.17. The summed E-state index contributed by atoms with van der Waals surface area (Å²) < 4.78 is 12.6. The Labute approximate surface area is 88.6 Å². The Morgan fingerprint density at radius 1 is 1.20 bits per heavy atom. The van der Waals surface area contributed by atoms with E-state index in [1.54, 1.807) is 12.1 Å². The Hall–Kier alpha value is -0.970. The van der Waals surface area contributed by atoms with Gasteiger partial charge in [0.15, 0.2) is 0 Å². The molecule has 84 valence electrons. The summed E-state index contributed by atoms with van der Waals surface area (Å²) in [5.41, 5.74) is 0.920. The number of rotatable bonds is 5. The van der Waals surface area contributed by atoms with Crippen LogP contribution >= 0.6 is 0 Å². The van der Waals surface area contributed by atoms with Gasteiger partial charge in [-0.15, -0.1) is 0 Å². The fourth-order valence-corrected chi connectivity index (χ4v) is 1.36. The van der Waals surface area contributed by atoms with Gasteiger partial charge in [-0.2, -0.15) is 0 Å². The standard InChI is InChI=1S/C11H16FNO2/c1-8(13-11(6-14)7-15)9-2-4-10(12)5-3-9/h2-5,8,11,13-15H,6-7H2,1H3/t8-/m0/s1. The molecule has 0 saturated heterocycles. The molecule has 1 aromatic rings. The Morgan fingerprint density at radius 2 is 1.73 bits per heavy atom. The van der Waals surface area contributed by atoms with Crippen molar-refractivity contribution in [1.82, 2.24) is 5.32 Å². The molecule has 0 amide bonds. The number of aliphatic hydroxyl groups excluding tert-OH is 2. The van der Waals surface area contributed by atoms with E-state index in [-0.39, 0.29) is 31.1 Å². The molecule has 4 heteroatoms. The normalized spacial score (nSPS) is 13.1. The van der Waals surface area contributed by atoms with Crippen molar-refractivity contribution in [3.05, 3.63) is 35.6 Å². The van der Waals surface area contributed by atoms with E-state index in [0.717, 1.165) is 5.56 Å². The molecule has 15 heavy (non-hydrogen) atoms. The van der Waals surface area contributed by atoms with Crippen LogP contribution in [0.3, 0.4) is 0 Å². The van der Waals surface area contributed by atoms with Gasteiger partial charge in [0.2, 0.25) is 0 Å². The van der Waals surface area contributed by atoms with Crippen LogP contribution in [0.2, 0.25) is 0 Å². The summed E-state index contributed by atoms with van der Waals surface area (Å²) in [5.74, 6) is -0.271. The minimum absolute atomic E-state index is 0.0325. The number of aliphatic hydroxyl groups is 2. The summed E-state index contributed by atoms with van der Waals surface area (Å²) in [5, 5.41) is 20.8. The summed E-state index contributed by atoms with van der Waals surface area (Å²) in [4.78, 5) is 0. The van der Waals surface area contributed by atoms with Crippen molar-refractivity contribution in [1.29, 1.82) is 0 Å². The van der Waals surface area contributed by atoms with Gasteiger partial charge in [0.25, 0.3) is 0 Å². The molecular formula is C11H16FNO2. The lowest BCUT2D eigenvalue weighted by molar-refractivity contribution is 0.163. The van der Waals surface area contributed by atoms with Gasteiger partial charge in [-0.1, -0.05) is 12.1 Å². The highest BCUT2D eigenvalue weighted by Gasteiger charge is 2.11. The predicted molar refractivity (Wildman–Crippen MR) is 55.9 cm³/mol. The van der Waals surface area contributed by atoms with Crippen LogP contribution in [-0.4, -0.2) is 29.5 Å². The minimum Gasteiger partial charge on any atom is -0.395 e. The predicted octanol–water partition coefficient (Wildman–Crippen LogP) is 0.830. The average molecular weight is 213 g/mol. The second-order valence-corrected chi connectivity index (χ2v) is 3.50. The van der Waals surface area contributed by atoms with Gasteiger partial charge in [-0.3, -0.25) is 0 Å². The molecule has 0 unspecified atom stereocenters. The highest BCUT2D eigenvalue weighted by molar-refractivity contribution is 5.19. The van der Waals surface area contributed by atoms with Gasteiger partial charge >= 0.3 is 0 Å². The fourth-order valence-electron chi connectivity index (χ4n) is 1.36. The number of benzene rings is 1. The molecule has 0 aliphatic rings. The first kappa shape index (κ1) is 12.1. The van der Waals surface area contributed by atoms with Gasteiger partial charge in [0.05, 0.1) is 19.3 Å². The van der Waals surface area contributed by atoms with Gasteiger partial charge in [-0.25, -0.2) is 4.39 Å². The van der Waals surface area contributed by atoms with E-state index in [9.17, 15) is 4.39 Å². The summed E-state index contributed by atoms with van der Waals surface area (Å²) in [6.45, 7) is 1.65. The number of hydrogen-bond acceptors (Lipinski definition) is 3. The van der Waals surface area contributed by atoms with E-state index >= 15 is 0 Å². The summed E-state index contributed by atoms with van der Waals surface area (Å²) in [6.07, 6.45) is 0. The third-order valence-corrected chi connectivity index (χ3v) is 2.30. The molecule has 0 saturated carbocycles. The molecule has 0 radical (unpaired) electrons. The summed E-state index contributed by atoms with van der Waals surface area (Å²) >= 11 is 0. The zero-order chi connectivity index (χ0) is 11.3. The van der Waals surface area contributed by atoms with E-state index in [1.165, 1.54) is 12.1 Å². The monoisotopic (exact) mass is 213 g/mol. The second kappa shape index (κ2) is 5.80. The molecule has 0 fully saturated rings. The maximum Gasteiger partial charge on any atom is 0.123 e. The van der Waals surface area contributed by atoms with Crippen LogP contribution in [0.15, 0.2) is 24.3 Å². The van der Waals surface area contributed by atoms with Gasteiger partial charge < -0.3 is 15.5 Å². The molecule has 0 aliphatic heterocycles. The molecule has 0 aromatic heterocycles. The van der Waals surface area contributed by atoms with Gasteiger partial charge in [0, 0.05) is 6.04 Å². The van der Waals surface area contributed by atoms with E-state index < -0.39 is 0 Å². The van der Waals surface area contributed by atoms with Crippen LogP contribution in [0.25, 0.3) is 0 Å². The van der Waals surface area contributed by atoms with Crippen molar-refractivity contribution in [2.75, 3.05) is 13.2 Å². The lowest BCUT2D eigenvalue weighted by Crippen LogP contribution is -2.37. The molecular weight excluding hydrogens is 197 g/mol. The van der Waals surface area contributed by atoms with Crippen molar-refractivity contribution in [2.45, 2.75) is 19.0 Å². The zero-order valence-electron chi connectivity index (χ0n) is 8.65. The van der Waals surface area contributed by atoms with Crippen LogP contribution in [-0.2, 0) is 0 Å². The Morgan fingerprint density at radius 3 is 2.20 bits per heavy atom. The van der Waals surface area contributed by atoms with Crippen LogP contribution in [0, 0.1) is 5.82 Å². The number of halogens is 1. The third kappa shape index (κ3) is 3.58. The minimum atomic E-state index is -0.343. The Balaban J connectivity index is 2.60. The van der Waals surface area contributed by atoms with Crippen LogP contribution in [0.5, 0.6) is 0 Å². The highest BCUT2D eigenvalue weighted by atomic mass is 19.1. The first-order valence-corrected chi connectivity index (χ1v) is 4.90. The van der Waals surface area contributed by atoms with Crippen molar-refractivity contribution >= 4 is 0 Å². The average Bonchev–Trinajstić information content (AvgIpc) is 2.26. The molecule has 3 N–H and O–H groups in total. The molecule has 0 bridgehead atoms. The quantitative estimate of drug-likeness (QED) is 0.679. The van der Waals surface area contributed by atoms with Crippen molar-refractivity contribution in [3.8, 4) is 0 Å². The Bertz CT molecular complexity index is 285. The number of nitrogens with one attached hydrogen (secondary N) is 1. The van der Waals surface area contributed by atoms with E-state index in [4.69, 9.17) is 10.2 Å². The maximum atomic E-state index is 12.6. The van der Waals surface area contributed by atoms with Gasteiger partial charge in [0.1, 0.15) is 5.82 Å². The Kier molecular flexibility index (Phi) is 4.68. The van der Waals surface area contributed by atoms with E-state index in [1.807, 2.05) is 6.92 Å². The lowest BCUT2D eigenvalue weighted by atomic mass is 10.1. The zero-order valence-corrected chi connectivity index (χ0v) is 8.65.